The summed E-state index contributed by atoms with van der Waals surface area (Å²) in [5.41, 5.74) is 22.8. The van der Waals surface area contributed by atoms with E-state index in [2.05, 4.69) is 227 Å². The summed E-state index contributed by atoms with van der Waals surface area (Å²) >= 11 is 0. The van der Waals surface area contributed by atoms with Gasteiger partial charge < -0.3 is 9.32 Å². The van der Waals surface area contributed by atoms with Crippen LogP contribution < -0.4 is 4.90 Å². The van der Waals surface area contributed by atoms with E-state index in [1.54, 1.807) is 0 Å². The number of rotatable bonds is 6. The molecule has 0 spiro atoms. The molecule has 0 bridgehead atoms. The van der Waals surface area contributed by atoms with Crippen molar-refractivity contribution in [2.24, 2.45) is 0 Å². The second-order valence-electron chi connectivity index (χ2n) is 18.1. The first-order valence-corrected chi connectivity index (χ1v) is 21.7. The van der Waals surface area contributed by atoms with Gasteiger partial charge in [0.15, 0.2) is 0 Å². The summed E-state index contributed by atoms with van der Waals surface area (Å²) in [5, 5.41) is 2.28. The first-order chi connectivity index (χ1) is 30.2. The Bertz CT molecular complexity index is 3400. The van der Waals surface area contributed by atoms with Gasteiger partial charge in [0.2, 0.25) is 0 Å². The van der Waals surface area contributed by atoms with Crippen LogP contribution in [0.4, 0.5) is 17.1 Å². The number of para-hydroxylation sites is 2. The Balaban J connectivity index is 0.970. The van der Waals surface area contributed by atoms with E-state index in [9.17, 15) is 0 Å². The Kier molecular flexibility index (Phi) is 7.96. The van der Waals surface area contributed by atoms with Crippen molar-refractivity contribution >= 4 is 39.0 Å². The minimum Gasteiger partial charge on any atom is -0.455 e. The van der Waals surface area contributed by atoms with Gasteiger partial charge >= 0.3 is 0 Å². The fraction of sp³-hybridized carbons (Fsp3) is 0.100. The van der Waals surface area contributed by atoms with E-state index in [0.717, 1.165) is 50.1 Å². The van der Waals surface area contributed by atoms with Crippen molar-refractivity contribution in [3.63, 3.8) is 0 Å². The second-order valence-corrected chi connectivity index (χ2v) is 18.1. The number of hydrogen-bond acceptors (Lipinski definition) is 2. The van der Waals surface area contributed by atoms with Crippen LogP contribution in [0.1, 0.15) is 49.9 Å². The number of hydrogen-bond donors (Lipinski definition) is 0. The topological polar surface area (TPSA) is 16.4 Å². The largest absolute Gasteiger partial charge is 0.455 e. The van der Waals surface area contributed by atoms with E-state index in [0.29, 0.717) is 0 Å². The highest BCUT2D eigenvalue weighted by molar-refractivity contribution is 6.09. The molecule has 0 atom stereocenters. The summed E-state index contributed by atoms with van der Waals surface area (Å²) in [6, 6.07) is 73.6. The lowest BCUT2D eigenvalue weighted by molar-refractivity contribution is 0.660. The SMILES string of the molecule is CC1(C)c2ccc(-c3cccc(N(c4ccc(-c5cccc6c5oc5ccccc56)cc4)c4ccc5c(c4)C(C)(C)c4ccccc4-5)c3)cc2-c2ccc(-c3ccccc3)cc21. The van der Waals surface area contributed by atoms with Crippen LogP contribution in [-0.4, -0.2) is 0 Å². The molecule has 0 amide bonds. The van der Waals surface area contributed by atoms with Crippen LogP contribution in [0.25, 0.3) is 77.6 Å². The number of furan rings is 1. The molecule has 9 aromatic carbocycles. The number of benzene rings is 9. The van der Waals surface area contributed by atoms with E-state index in [1.165, 1.54) is 66.8 Å². The van der Waals surface area contributed by atoms with Crippen molar-refractivity contribution in [2.75, 3.05) is 4.90 Å². The molecule has 0 aliphatic heterocycles. The van der Waals surface area contributed by atoms with Gasteiger partial charge in [-0.25, -0.2) is 0 Å². The Morgan fingerprint density at radius 2 is 0.871 bits per heavy atom. The van der Waals surface area contributed by atoms with Crippen LogP contribution in [0, 0.1) is 0 Å². The lowest BCUT2D eigenvalue weighted by Gasteiger charge is -2.28. The minimum atomic E-state index is -0.124. The summed E-state index contributed by atoms with van der Waals surface area (Å²) in [4.78, 5) is 2.42. The first kappa shape index (κ1) is 36.4. The van der Waals surface area contributed by atoms with Crippen LogP contribution in [0.3, 0.4) is 0 Å². The monoisotopic (exact) mass is 795 g/mol. The van der Waals surface area contributed by atoms with Crippen LogP contribution >= 0.6 is 0 Å². The molecule has 0 fully saturated rings. The van der Waals surface area contributed by atoms with Crippen LogP contribution in [0.15, 0.2) is 205 Å². The van der Waals surface area contributed by atoms with Gasteiger partial charge in [-0.1, -0.05) is 173 Å². The van der Waals surface area contributed by atoms with E-state index < -0.39 is 0 Å². The van der Waals surface area contributed by atoms with Gasteiger partial charge in [-0.3, -0.25) is 0 Å². The fourth-order valence-corrected chi connectivity index (χ4v) is 10.6. The van der Waals surface area contributed by atoms with Crippen LogP contribution in [0.5, 0.6) is 0 Å². The lowest BCUT2D eigenvalue weighted by atomic mass is 9.81. The highest BCUT2D eigenvalue weighted by atomic mass is 16.3. The molecule has 2 nitrogen and oxygen atoms in total. The van der Waals surface area contributed by atoms with Gasteiger partial charge in [0.1, 0.15) is 11.2 Å². The fourth-order valence-electron chi connectivity index (χ4n) is 10.6. The molecule has 62 heavy (non-hydrogen) atoms. The Morgan fingerprint density at radius 1 is 0.323 bits per heavy atom. The van der Waals surface area contributed by atoms with Crippen molar-refractivity contribution in [1.29, 1.82) is 0 Å². The third kappa shape index (κ3) is 5.49. The number of fused-ring (bicyclic) bond motifs is 9. The second kappa shape index (κ2) is 13.5. The van der Waals surface area contributed by atoms with Crippen molar-refractivity contribution in [3.8, 4) is 55.6 Å². The van der Waals surface area contributed by atoms with Gasteiger partial charge in [-0.2, -0.15) is 0 Å². The van der Waals surface area contributed by atoms with Gasteiger partial charge in [0, 0.05) is 44.2 Å². The molecule has 2 heteroatoms. The van der Waals surface area contributed by atoms with Gasteiger partial charge in [-0.15, -0.1) is 0 Å². The molecular weight excluding hydrogens is 751 g/mol. The standard InChI is InChI=1S/C60H45NO/c1-59(2)53-22-10-8-18-47(53)48-32-30-45(37-56(48)59)61(43-28-24-39(25-29-43)46-20-13-21-51-50-19-9-11-23-57(50)62-58(46)51)44-17-12-16-40(34-44)41-27-33-54-52(35-41)49-31-26-42(36-55(49)60(54,3)4)38-14-6-5-7-15-38/h5-37H,1-4H3. The molecule has 296 valence electrons. The van der Waals surface area contributed by atoms with E-state index in [1.807, 2.05) is 6.07 Å². The summed E-state index contributed by atoms with van der Waals surface area (Å²) < 4.78 is 6.47. The highest BCUT2D eigenvalue weighted by Gasteiger charge is 2.37. The molecule has 1 heterocycles. The molecule has 0 saturated carbocycles. The summed E-state index contributed by atoms with van der Waals surface area (Å²) in [7, 11) is 0. The molecule has 0 N–H and O–H groups in total. The zero-order valence-corrected chi connectivity index (χ0v) is 35.4. The van der Waals surface area contributed by atoms with Gasteiger partial charge in [-0.05, 0) is 127 Å². The first-order valence-electron chi connectivity index (χ1n) is 21.7. The Hall–Kier alpha value is -7.42. The maximum absolute atomic E-state index is 6.47. The van der Waals surface area contributed by atoms with Crippen LogP contribution in [0.2, 0.25) is 0 Å². The predicted molar refractivity (Wildman–Crippen MR) is 260 cm³/mol. The van der Waals surface area contributed by atoms with Crippen molar-refractivity contribution in [2.45, 2.75) is 38.5 Å². The molecule has 0 radical (unpaired) electrons. The van der Waals surface area contributed by atoms with E-state index in [4.69, 9.17) is 4.42 Å². The molecule has 0 unspecified atom stereocenters. The summed E-state index contributed by atoms with van der Waals surface area (Å²) in [5.74, 6) is 0. The third-order valence-electron chi connectivity index (χ3n) is 13.9. The van der Waals surface area contributed by atoms with Crippen molar-refractivity contribution in [3.05, 3.63) is 222 Å². The van der Waals surface area contributed by atoms with Gasteiger partial charge in [0.05, 0.1) is 0 Å². The van der Waals surface area contributed by atoms with Gasteiger partial charge in [0.25, 0.3) is 0 Å². The number of nitrogens with zero attached hydrogens (tertiary/aromatic N) is 1. The van der Waals surface area contributed by atoms with Crippen LogP contribution in [-0.2, 0) is 10.8 Å². The highest BCUT2D eigenvalue weighted by Crippen LogP contribution is 2.53. The summed E-state index contributed by atoms with van der Waals surface area (Å²) in [6.45, 7) is 9.44. The predicted octanol–water partition coefficient (Wildman–Crippen LogP) is 16.7. The molecular formula is C60H45NO. The van der Waals surface area contributed by atoms with E-state index >= 15 is 0 Å². The lowest BCUT2D eigenvalue weighted by Crippen LogP contribution is -2.16. The Labute approximate surface area is 363 Å². The van der Waals surface area contributed by atoms with Crippen molar-refractivity contribution < 1.29 is 4.42 Å². The number of anilines is 3. The molecule has 10 aromatic rings. The molecule has 2 aliphatic rings. The quantitative estimate of drug-likeness (QED) is 0.167. The molecule has 0 saturated heterocycles. The third-order valence-corrected chi connectivity index (χ3v) is 13.9. The van der Waals surface area contributed by atoms with E-state index in [-0.39, 0.29) is 10.8 Å². The molecule has 2 aliphatic carbocycles. The minimum absolute atomic E-state index is 0.101. The maximum atomic E-state index is 6.47. The van der Waals surface area contributed by atoms with Crippen molar-refractivity contribution in [1.82, 2.24) is 0 Å². The zero-order valence-electron chi connectivity index (χ0n) is 35.4. The average molecular weight is 796 g/mol. The smallest absolute Gasteiger partial charge is 0.143 e. The average Bonchev–Trinajstić information content (AvgIpc) is 3.89. The summed E-state index contributed by atoms with van der Waals surface area (Å²) in [6.07, 6.45) is 0. The normalized spacial score (nSPS) is 14.1. The maximum Gasteiger partial charge on any atom is 0.143 e. The Morgan fingerprint density at radius 3 is 1.73 bits per heavy atom. The zero-order chi connectivity index (χ0) is 41.7. The molecule has 12 rings (SSSR count). The molecule has 1 aromatic heterocycles.